The summed E-state index contributed by atoms with van der Waals surface area (Å²) in [5.74, 6) is -1.40. The summed E-state index contributed by atoms with van der Waals surface area (Å²) in [4.78, 5) is 31.9. The van der Waals surface area contributed by atoms with Gasteiger partial charge < -0.3 is 20.3 Å². The first kappa shape index (κ1) is 14.8. The van der Waals surface area contributed by atoms with E-state index in [1.807, 2.05) is 0 Å². The molecule has 0 radical (unpaired) electrons. The SMILES string of the molecule is Nc1nc(=O)n([C@H]2C=C[C@@H](COP(=O)(O)O)O2)cc1F. The van der Waals surface area contributed by atoms with Gasteiger partial charge in [0.1, 0.15) is 6.10 Å². The summed E-state index contributed by atoms with van der Waals surface area (Å²) in [5, 5.41) is 0. The highest BCUT2D eigenvalue weighted by molar-refractivity contribution is 7.46. The molecule has 2 atom stereocenters. The van der Waals surface area contributed by atoms with Crippen molar-refractivity contribution < 1.29 is 28.0 Å². The number of nitrogens with two attached hydrogens (primary N) is 1. The number of rotatable bonds is 4. The number of phosphoric ester groups is 1. The van der Waals surface area contributed by atoms with Crippen LogP contribution < -0.4 is 11.4 Å². The van der Waals surface area contributed by atoms with Gasteiger partial charge in [0.25, 0.3) is 0 Å². The fourth-order valence-electron chi connectivity index (χ4n) is 1.55. The van der Waals surface area contributed by atoms with E-state index < -0.39 is 44.1 Å². The summed E-state index contributed by atoms with van der Waals surface area (Å²) < 4.78 is 34.2. The van der Waals surface area contributed by atoms with Gasteiger partial charge in [0.05, 0.1) is 12.8 Å². The lowest BCUT2D eigenvalue weighted by Crippen LogP contribution is -2.29. The van der Waals surface area contributed by atoms with Gasteiger partial charge in [-0.05, 0) is 6.08 Å². The lowest BCUT2D eigenvalue weighted by molar-refractivity contribution is -0.0107. The summed E-state index contributed by atoms with van der Waals surface area (Å²) in [5.41, 5.74) is 4.34. The van der Waals surface area contributed by atoms with E-state index in [0.29, 0.717) is 0 Å². The second-order valence-corrected chi connectivity index (χ2v) is 5.14. The summed E-state index contributed by atoms with van der Waals surface area (Å²) >= 11 is 0. The molecule has 1 aromatic heterocycles. The van der Waals surface area contributed by atoms with E-state index in [-0.39, 0.29) is 0 Å². The van der Waals surface area contributed by atoms with Gasteiger partial charge in [-0.15, -0.1) is 0 Å². The molecule has 0 aromatic carbocycles. The first-order valence-corrected chi connectivity index (χ1v) is 6.87. The normalized spacial score (nSPS) is 22.4. The Labute approximate surface area is 111 Å². The molecule has 0 saturated heterocycles. The first-order chi connectivity index (χ1) is 9.26. The zero-order valence-corrected chi connectivity index (χ0v) is 10.8. The maximum atomic E-state index is 13.3. The van der Waals surface area contributed by atoms with E-state index in [9.17, 15) is 13.8 Å². The van der Waals surface area contributed by atoms with Crippen LogP contribution in [0.3, 0.4) is 0 Å². The molecule has 2 rings (SSSR count). The quantitative estimate of drug-likeness (QED) is 0.501. The molecule has 20 heavy (non-hydrogen) atoms. The Morgan fingerprint density at radius 1 is 1.55 bits per heavy atom. The number of anilines is 1. The summed E-state index contributed by atoms with van der Waals surface area (Å²) in [6.45, 7) is -0.406. The third kappa shape index (κ3) is 3.50. The molecule has 0 saturated carbocycles. The number of aromatic nitrogens is 2. The van der Waals surface area contributed by atoms with E-state index in [4.69, 9.17) is 20.3 Å². The van der Waals surface area contributed by atoms with E-state index in [2.05, 4.69) is 9.51 Å². The Morgan fingerprint density at radius 2 is 2.25 bits per heavy atom. The Hall–Kier alpha value is -1.58. The average Bonchev–Trinajstić information content (AvgIpc) is 2.79. The Kier molecular flexibility index (Phi) is 4.02. The third-order valence-electron chi connectivity index (χ3n) is 2.42. The molecule has 1 aliphatic heterocycles. The zero-order chi connectivity index (χ0) is 14.9. The molecule has 1 aliphatic rings. The molecule has 11 heteroatoms. The van der Waals surface area contributed by atoms with Gasteiger partial charge >= 0.3 is 13.5 Å². The second-order valence-electron chi connectivity index (χ2n) is 3.90. The molecule has 1 aromatic rings. The van der Waals surface area contributed by atoms with Gasteiger partial charge in [-0.25, -0.2) is 13.8 Å². The summed E-state index contributed by atoms with van der Waals surface area (Å²) in [6, 6.07) is 0. The van der Waals surface area contributed by atoms with Crippen molar-refractivity contribution in [3.63, 3.8) is 0 Å². The Morgan fingerprint density at radius 3 is 2.90 bits per heavy atom. The van der Waals surface area contributed by atoms with Crippen molar-refractivity contribution in [1.82, 2.24) is 9.55 Å². The average molecular weight is 307 g/mol. The van der Waals surface area contributed by atoms with Crippen LogP contribution in [0, 0.1) is 5.82 Å². The molecule has 0 bridgehead atoms. The van der Waals surface area contributed by atoms with Crippen molar-refractivity contribution in [2.45, 2.75) is 12.3 Å². The smallest absolute Gasteiger partial charge is 0.381 e. The number of hydrogen-bond acceptors (Lipinski definition) is 6. The zero-order valence-electron chi connectivity index (χ0n) is 9.92. The lowest BCUT2D eigenvalue weighted by atomic mass is 10.4. The second kappa shape index (κ2) is 5.43. The first-order valence-electron chi connectivity index (χ1n) is 5.34. The molecule has 0 aliphatic carbocycles. The predicted molar refractivity (Wildman–Crippen MR) is 63.9 cm³/mol. The van der Waals surface area contributed by atoms with Crippen LogP contribution in [0.4, 0.5) is 10.2 Å². The molecule has 0 amide bonds. The van der Waals surface area contributed by atoms with Crippen LogP contribution in [0.1, 0.15) is 6.23 Å². The molecular formula is C9H11FN3O6P. The fourth-order valence-corrected chi connectivity index (χ4v) is 1.89. The number of nitrogen functional groups attached to an aromatic ring is 1. The van der Waals surface area contributed by atoms with Crippen molar-refractivity contribution in [1.29, 1.82) is 0 Å². The minimum Gasteiger partial charge on any atom is -0.381 e. The third-order valence-corrected chi connectivity index (χ3v) is 2.91. The molecule has 0 spiro atoms. The topological polar surface area (TPSA) is 137 Å². The van der Waals surface area contributed by atoms with Gasteiger partial charge in [-0.1, -0.05) is 6.08 Å². The van der Waals surface area contributed by atoms with Crippen LogP contribution in [0.5, 0.6) is 0 Å². The van der Waals surface area contributed by atoms with Gasteiger partial charge in [-0.3, -0.25) is 9.09 Å². The van der Waals surface area contributed by atoms with E-state index in [0.717, 1.165) is 10.8 Å². The van der Waals surface area contributed by atoms with Gasteiger partial charge in [0, 0.05) is 0 Å². The number of nitrogens with zero attached hydrogens (tertiary/aromatic N) is 2. The molecule has 9 nitrogen and oxygen atoms in total. The van der Waals surface area contributed by atoms with E-state index >= 15 is 0 Å². The van der Waals surface area contributed by atoms with Crippen molar-refractivity contribution in [3.05, 3.63) is 34.7 Å². The predicted octanol–water partition coefficient (Wildman–Crippen LogP) is -0.473. The molecular weight excluding hydrogens is 296 g/mol. The van der Waals surface area contributed by atoms with Crippen LogP contribution >= 0.6 is 7.82 Å². The molecule has 2 heterocycles. The molecule has 4 N–H and O–H groups in total. The molecule has 0 fully saturated rings. The van der Waals surface area contributed by atoms with E-state index in [1.165, 1.54) is 12.2 Å². The summed E-state index contributed by atoms with van der Waals surface area (Å²) in [7, 11) is -4.61. The highest BCUT2D eigenvalue weighted by Gasteiger charge is 2.25. The van der Waals surface area contributed by atoms with Gasteiger partial charge in [0.2, 0.25) is 0 Å². The van der Waals surface area contributed by atoms with Crippen LogP contribution in [-0.2, 0) is 13.8 Å². The minimum atomic E-state index is -4.61. The highest BCUT2D eigenvalue weighted by Crippen LogP contribution is 2.36. The molecule has 110 valence electrons. The standard InChI is InChI=1S/C9H11FN3O6P/c10-6-3-13(9(14)12-8(6)11)7-2-1-5(19-7)4-18-20(15,16)17/h1-3,5,7H,4H2,(H2,11,12,14)(H2,15,16,17)/t5-,7+/m0/s1. The minimum absolute atomic E-state index is 0.406. The fraction of sp³-hybridized carbons (Fsp3) is 0.333. The van der Waals surface area contributed by atoms with Crippen LogP contribution in [0.2, 0.25) is 0 Å². The lowest BCUT2D eigenvalue weighted by Gasteiger charge is -2.16. The van der Waals surface area contributed by atoms with Crippen molar-refractivity contribution in [3.8, 4) is 0 Å². The van der Waals surface area contributed by atoms with Crippen LogP contribution in [0.25, 0.3) is 0 Å². The highest BCUT2D eigenvalue weighted by atomic mass is 31.2. The maximum Gasteiger partial charge on any atom is 0.469 e. The number of halogens is 1. The number of ether oxygens (including phenoxy) is 1. The van der Waals surface area contributed by atoms with Crippen molar-refractivity contribution in [2.75, 3.05) is 12.3 Å². The number of phosphoric acid groups is 1. The van der Waals surface area contributed by atoms with Crippen molar-refractivity contribution >= 4 is 13.6 Å². The summed E-state index contributed by atoms with van der Waals surface area (Å²) in [6.07, 6.45) is 1.95. The van der Waals surface area contributed by atoms with Gasteiger partial charge in [0.15, 0.2) is 17.9 Å². The maximum absolute atomic E-state index is 13.3. The molecule has 0 unspecified atom stereocenters. The van der Waals surface area contributed by atoms with Crippen molar-refractivity contribution in [2.24, 2.45) is 0 Å². The Balaban J connectivity index is 2.07. The number of hydrogen-bond donors (Lipinski definition) is 3. The van der Waals surface area contributed by atoms with E-state index in [1.54, 1.807) is 0 Å². The van der Waals surface area contributed by atoms with Crippen LogP contribution in [0.15, 0.2) is 23.1 Å². The van der Waals surface area contributed by atoms with Gasteiger partial charge in [-0.2, -0.15) is 4.98 Å². The monoisotopic (exact) mass is 307 g/mol. The largest absolute Gasteiger partial charge is 0.469 e. The Bertz CT molecular complexity index is 641. The van der Waals surface area contributed by atoms with Crippen LogP contribution in [-0.4, -0.2) is 32.0 Å².